The highest BCUT2D eigenvalue weighted by molar-refractivity contribution is 7.90. The number of allylic oxidation sites excluding steroid dienone is 2. The van der Waals surface area contributed by atoms with Crippen molar-refractivity contribution >= 4 is 16.1 Å². The zero-order valence-corrected chi connectivity index (χ0v) is 15.0. The second-order valence-corrected chi connectivity index (χ2v) is 8.03. The summed E-state index contributed by atoms with van der Waals surface area (Å²) in [5.74, 6) is 0.0778. The third-order valence-corrected chi connectivity index (χ3v) is 4.66. The van der Waals surface area contributed by atoms with Gasteiger partial charge in [-0.2, -0.15) is 0 Å². The van der Waals surface area contributed by atoms with Crippen LogP contribution < -0.4 is 4.72 Å². The van der Waals surface area contributed by atoms with Crippen molar-refractivity contribution in [3.63, 3.8) is 0 Å². The predicted octanol–water partition coefficient (Wildman–Crippen LogP) is 3.92. The van der Waals surface area contributed by atoms with Gasteiger partial charge in [-0.3, -0.25) is 0 Å². The highest BCUT2D eigenvalue weighted by Gasteiger charge is 2.19. The average Bonchev–Trinajstić information content (AvgIpc) is 2.36. The summed E-state index contributed by atoms with van der Waals surface area (Å²) in [4.78, 5) is 11.7. The number of ether oxygens (including phenoxy) is 1. The van der Waals surface area contributed by atoms with Crippen LogP contribution in [0.3, 0.4) is 0 Å². The minimum atomic E-state index is -3.97. The molecule has 1 N–H and O–H groups in total. The van der Waals surface area contributed by atoms with Gasteiger partial charge in [-0.1, -0.05) is 50.6 Å². The molecule has 0 aliphatic rings. The first kappa shape index (κ1) is 19.0. The van der Waals surface area contributed by atoms with Crippen LogP contribution in [0.1, 0.15) is 33.3 Å². The lowest BCUT2D eigenvalue weighted by Crippen LogP contribution is -2.30. The van der Waals surface area contributed by atoms with Crippen LogP contribution in [0.5, 0.6) is 0 Å². The molecular formula is C17H23NO4S. The van der Waals surface area contributed by atoms with Gasteiger partial charge in [-0.15, -0.1) is 0 Å². The molecule has 1 amide bonds. The fraction of sp³-hybridized carbons (Fsp3) is 0.353. The van der Waals surface area contributed by atoms with Gasteiger partial charge in [0.25, 0.3) is 10.0 Å². The fourth-order valence-corrected chi connectivity index (χ4v) is 2.39. The van der Waals surface area contributed by atoms with Crippen LogP contribution >= 0.6 is 0 Å². The highest BCUT2D eigenvalue weighted by Crippen LogP contribution is 2.25. The summed E-state index contributed by atoms with van der Waals surface area (Å²) < 4.78 is 30.9. The van der Waals surface area contributed by atoms with Crippen LogP contribution in [0.4, 0.5) is 4.79 Å². The van der Waals surface area contributed by atoms with E-state index in [0.29, 0.717) is 0 Å². The van der Waals surface area contributed by atoms with Crippen molar-refractivity contribution in [1.82, 2.24) is 4.72 Å². The zero-order valence-electron chi connectivity index (χ0n) is 14.1. The number of carbonyl (C=O) groups is 1. The molecule has 6 heteroatoms. The summed E-state index contributed by atoms with van der Waals surface area (Å²) in [5, 5.41) is 0. The SMILES string of the molecule is C=C(/C=C(\C)C(C)(C)C)OC(=O)NS(=O)(=O)c1ccc(C)cc1. The van der Waals surface area contributed by atoms with Gasteiger partial charge in [0.15, 0.2) is 0 Å². The first-order valence-corrected chi connectivity index (χ1v) is 8.59. The lowest BCUT2D eigenvalue weighted by Gasteiger charge is -2.19. The molecule has 0 bridgehead atoms. The van der Waals surface area contributed by atoms with Crippen LogP contribution in [-0.2, 0) is 14.8 Å². The van der Waals surface area contributed by atoms with E-state index in [4.69, 9.17) is 4.74 Å². The van der Waals surface area contributed by atoms with Crippen LogP contribution in [0, 0.1) is 12.3 Å². The van der Waals surface area contributed by atoms with Crippen LogP contribution in [-0.4, -0.2) is 14.5 Å². The maximum absolute atomic E-state index is 12.1. The first-order valence-electron chi connectivity index (χ1n) is 7.11. The van der Waals surface area contributed by atoms with E-state index < -0.39 is 16.1 Å². The van der Waals surface area contributed by atoms with Gasteiger partial charge in [-0.05, 0) is 37.5 Å². The van der Waals surface area contributed by atoms with E-state index in [1.807, 2.05) is 39.3 Å². The Morgan fingerprint density at radius 3 is 2.22 bits per heavy atom. The lowest BCUT2D eigenvalue weighted by atomic mass is 9.87. The van der Waals surface area contributed by atoms with Gasteiger partial charge in [0.1, 0.15) is 5.76 Å². The predicted molar refractivity (Wildman–Crippen MR) is 90.3 cm³/mol. The second kappa shape index (κ2) is 7.00. The number of carbonyl (C=O) groups excluding carboxylic acids is 1. The van der Waals surface area contributed by atoms with Crippen LogP contribution in [0.15, 0.2) is 53.1 Å². The van der Waals surface area contributed by atoms with Gasteiger partial charge in [0.2, 0.25) is 0 Å². The number of amides is 1. The van der Waals surface area contributed by atoms with Gasteiger partial charge in [0.05, 0.1) is 4.90 Å². The van der Waals surface area contributed by atoms with Crippen molar-refractivity contribution in [2.45, 2.75) is 39.5 Å². The zero-order chi connectivity index (χ0) is 17.8. The van der Waals surface area contributed by atoms with E-state index in [-0.39, 0.29) is 16.1 Å². The van der Waals surface area contributed by atoms with E-state index >= 15 is 0 Å². The van der Waals surface area contributed by atoms with E-state index in [2.05, 4.69) is 6.58 Å². The van der Waals surface area contributed by atoms with Gasteiger partial charge >= 0.3 is 6.09 Å². The largest absolute Gasteiger partial charge is 0.426 e. The molecule has 0 spiro atoms. The van der Waals surface area contributed by atoms with E-state index in [0.717, 1.165) is 11.1 Å². The Morgan fingerprint density at radius 1 is 1.22 bits per heavy atom. The quantitative estimate of drug-likeness (QED) is 0.668. The Bertz CT molecular complexity index is 723. The van der Waals surface area contributed by atoms with Crippen molar-refractivity contribution in [1.29, 1.82) is 0 Å². The number of aryl methyl sites for hydroxylation is 1. The molecule has 0 aromatic heterocycles. The molecular weight excluding hydrogens is 314 g/mol. The van der Waals surface area contributed by atoms with E-state index in [1.54, 1.807) is 18.2 Å². The number of hydrogen-bond acceptors (Lipinski definition) is 4. The molecule has 1 rings (SSSR count). The second-order valence-electron chi connectivity index (χ2n) is 6.35. The van der Waals surface area contributed by atoms with Crippen LogP contribution in [0.25, 0.3) is 0 Å². The molecule has 0 aliphatic carbocycles. The topological polar surface area (TPSA) is 72.5 Å². The Balaban J connectivity index is 2.77. The Labute approximate surface area is 138 Å². The third-order valence-electron chi connectivity index (χ3n) is 3.33. The van der Waals surface area contributed by atoms with Gasteiger partial charge in [-0.25, -0.2) is 17.9 Å². The highest BCUT2D eigenvalue weighted by atomic mass is 32.2. The molecule has 0 fully saturated rings. The molecule has 0 heterocycles. The van der Waals surface area contributed by atoms with Gasteiger partial charge in [0, 0.05) is 0 Å². The summed E-state index contributed by atoms with van der Waals surface area (Å²) in [7, 11) is -3.97. The van der Waals surface area contributed by atoms with E-state index in [9.17, 15) is 13.2 Å². The maximum Gasteiger partial charge on any atom is 0.426 e. The minimum Gasteiger partial charge on any atom is -0.410 e. The fourth-order valence-electron chi connectivity index (χ4n) is 1.51. The number of nitrogens with one attached hydrogen (secondary N) is 1. The Morgan fingerprint density at radius 2 is 1.74 bits per heavy atom. The molecule has 1 aromatic rings. The smallest absolute Gasteiger partial charge is 0.410 e. The number of hydrogen-bond donors (Lipinski definition) is 1. The molecule has 23 heavy (non-hydrogen) atoms. The Kier molecular flexibility index (Phi) is 5.77. The van der Waals surface area contributed by atoms with E-state index in [1.165, 1.54) is 12.1 Å². The first-order chi connectivity index (χ1) is 10.4. The standard InChI is InChI=1S/C17H23NO4S/c1-12-7-9-15(10-8-12)23(20,21)18-16(19)22-14(3)11-13(2)17(4,5)6/h7-11H,3H2,1-2,4-6H3,(H,18,19)/b13-11+. The summed E-state index contributed by atoms with van der Waals surface area (Å²) in [5.41, 5.74) is 1.77. The van der Waals surface area contributed by atoms with Crippen molar-refractivity contribution < 1.29 is 17.9 Å². The summed E-state index contributed by atoms with van der Waals surface area (Å²) in [6.45, 7) is 13.4. The third kappa shape index (κ3) is 5.90. The monoisotopic (exact) mass is 337 g/mol. The Hall–Kier alpha value is -2.08. The van der Waals surface area contributed by atoms with Crippen molar-refractivity contribution in [3.05, 3.63) is 53.8 Å². The minimum absolute atomic E-state index is 0.00734. The molecule has 1 aromatic carbocycles. The summed E-state index contributed by atoms with van der Waals surface area (Å²) >= 11 is 0. The van der Waals surface area contributed by atoms with Crippen molar-refractivity contribution in [2.75, 3.05) is 0 Å². The van der Waals surface area contributed by atoms with Gasteiger partial charge < -0.3 is 4.74 Å². The number of benzene rings is 1. The lowest BCUT2D eigenvalue weighted by molar-refractivity contribution is 0.186. The number of rotatable bonds is 4. The average molecular weight is 337 g/mol. The van der Waals surface area contributed by atoms with Crippen molar-refractivity contribution in [2.24, 2.45) is 5.41 Å². The molecule has 126 valence electrons. The summed E-state index contributed by atoms with van der Waals surface area (Å²) in [6.07, 6.45) is 0.520. The molecule has 5 nitrogen and oxygen atoms in total. The normalized spacial score (nSPS) is 12.7. The molecule has 0 atom stereocenters. The molecule has 0 unspecified atom stereocenters. The maximum atomic E-state index is 12.1. The summed E-state index contributed by atoms with van der Waals surface area (Å²) in [6, 6.07) is 6.13. The molecule has 0 radical (unpaired) electrons. The number of sulfonamides is 1. The van der Waals surface area contributed by atoms with Crippen LogP contribution in [0.2, 0.25) is 0 Å². The van der Waals surface area contributed by atoms with Crippen molar-refractivity contribution in [3.8, 4) is 0 Å². The molecule has 0 saturated heterocycles. The molecule has 0 aliphatic heterocycles. The molecule has 0 saturated carbocycles.